The molecule has 5 N–H and O–H groups in total. The van der Waals surface area contributed by atoms with E-state index in [1.165, 1.54) is 12.8 Å². The summed E-state index contributed by atoms with van der Waals surface area (Å²) in [5.41, 5.74) is 18.7. The third-order valence-corrected chi connectivity index (χ3v) is 31.1. The first-order chi connectivity index (χ1) is 60.5. The maximum Gasteiger partial charge on any atom is 0.243 e. The molecule has 4 saturated heterocycles. The van der Waals surface area contributed by atoms with E-state index in [2.05, 4.69) is 89.4 Å². The predicted molar refractivity (Wildman–Crippen MR) is 510 cm³/mol. The van der Waals surface area contributed by atoms with Crippen molar-refractivity contribution < 1.29 is 45.5 Å². The molecule has 0 unspecified atom stereocenters. The second-order valence-corrected chi connectivity index (χ2v) is 42.5. The molecule has 2 aliphatic carbocycles. The van der Waals surface area contributed by atoms with E-state index in [0.29, 0.717) is 65.2 Å². The van der Waals surface area contributed by atoms with Gasteiger partial charge in [-0.05, 0) is 252 Å². The SMILES string of the molecule is Cc1cc(C)cc(-c2[nH]nc(OCC(C)(C)C(=O)N3C4CCC3CC4)c2[C@H](C)CN(CCc2ccc(N)cc2)S(=O)(=O)c2cccc3cccc(N(C)C)c23)c1.Cc1cc(C)cc(-c2[nH]nc(OCC(C)(C)C(=O)N3C4CCC3CC4)c2[C@H](C)CN(CCc2ccc(NC(=O)C3CCCC3)cc2)S(=O)(=O)c2cccc3cccc(N(C)C)c23)c1.O=C(Cl)C1CCCC1. The normalized spacial score (nSPS) is 18.2. The Morgan fingerprint density at radius 2 is 0.843 bits per heavy atom. The quantitative estimate of drug-likeness (QED) is 0.0232. The molecule has 2 saturated carbocycles. The van der Waals surface area contributed by atoms with Gasteiger partial charge in [-0.2, -0.15) is 8.61 Å². The van der Waals surface area contributed by atoms with Gasteiger partial charge in [-0.1, -0.05) is 147 Å². The molecule has 2 aromatic heterocycles. The number of hydrogen-bond donors (Lipinski definition) is 4. The molecule has 4 aliphatic heterocycles. The summed E-state index contributed by atoms with van der Waals surface area (Å²) in [4.78, 5) is 59.9. The second-order valence-electron chi connectivity index (χ2n) is 38.4. The Hall–Kier alpha value is -10.1. The number of carbonyl (C=O) groups is 4. The van der Waals surface area contributed by atoms with E-state index in [1.807, 2.05) is 189 Å². The molecule has 6 fully saturated rings. The highest BCUT2D eigenvalue weighted by molar-refractivity contribution is 7.89. The molecule has 6 heterocycles. The van der Waals surface area contributed by atoms with Crippen molar-refractivity contribution in [3.05, 3.63) is 202 Å². The van der Waals surface area contributed by atoms with E-state index in [1.54, 1.807) is 20.7 Å². The number of rotatable bonds is 31. The fourth-order valence-corrected chi connectivity index (χ4v) is 24.0. The number of nitrogen functional groups attached to an aromatic ring is 1. The first-order valence-corrected chi connectivity index (χ1v) is 48.9. The maximum absolute atomic E-state index is 15.4. The molecule has 4 bridgehead atoms. The van der Waals surface area contributed by atoms with Crippen LogP contribution in [0.4, 0.5) is 22.7 Å². The van der Waals surface area contributed by atoms with Gasteiger partial charge in [-0.3, -0.25) is 29.4 Å². The van der Waals surface area contributed by atoms with E-state index < -0.39 is 36.8 Å². The number of carbonyl (C=O) groups excluding carboxylic acids is 4. The van der Waals surface area contributed by atoms with Crippen molar-refractivity contribution in [2.75, 3.05) is 88.4 Å². The number of nitrogens with two attached hydrogens (primary N) is 1. The van der Waals surface area contributed by atoms with Gasteiger partial charge in [-0.25, -0.2) is 16.8 Å². The van der Waals surface area contributed by atoms with Crippen LogP contribution < -0.4 is 30.3 Å². The van der Waals surface area contributed by atoms with Crippen LogP contribution in [0.2, 0.25) is 0 Å². The fourth-order valence-electron chi connectivity index (χ4n) is 20.3. The summed E-state index contributed by atoms with van der Waals surface area (Å²) < 4.78 is 77.4. The molecule has 2 atom stereocenters. The highest BCUT2D eigenvalue weighted by Crippen LogP contribution is 2.46. The highest BCUT2D eigenvalue weighted by Gasteiger charge is 2.49. The lowest BCUT2D eigenvalue weighted by molar-refractivity contribution is -0.144. The number of hydrogen-bond acceptors (Lipinski definition) is 15. The minimum atomic E-state index is -4.11. The van der Waals surface area contributed by atoms with Crippen molar-refractivity contribution in [2.24, 2.45) is 22.7 Å². The second kappa shape index (κ2) is 39.5. The Balaban J connectivity index is 0.000000190. The minimum Gasteiger partial charge on any atom is -0.475 e. The topological polar surface area (TPSA) is 270 Å². The smallest absolute Gasteiger partial charge is 0.243 e. The third kappa shape index (κ3) is 20.9. The number of halogens is 1. The van der Waals surface area contributed by atoms with Gasteiger partial charge in [0.25, 0.3) is 0 Å². The number of aryl methyl sites for hydroxylation is 4. The molecule has 8 aromatic carbocycles. The van der Waals surface area contributed by atoms with Crippen molar-refractivity contribution >= 4 is 98.9 Å². The zero-order valence-corrected chi connectivity index (χ0v) is 78.9. The van der Waals surface area contributed by atoms with Gasteiger partial charge in [0.05, 0.1) is 32.0 Å². The molecule has 22 nitrogen and oxygen atoms in total. The van der Waals surface area contributed by atoms with Gasteiger partial charge in [0.15, 0.2) is 0 Å². The first-order valence-electron chi connectivity index (χ1n) is 45.6. The van der Waals surface area contributed by atoms with Crippen LogP contribution in [0.15, 0.2) is 168 Å². The molecule has 0 spiro atoms. The van der Waals surface area contributed by atoms with Crippen molar-refractivity contribution in [3.8, 4) is 34.3 Å². The van der Waals surface area contributed by atoms with Gasteiger partial charge in [0, 0.05) is 158 Å². The largest absolute Gasteiger partial charge is 0.475 e. The summed E-state index contributed by atoms with van der Waals surface area (Å²) >= 11 is 5.25. The average molecular weight is 1780 g/mol. The summed E-state index contributed by atoms with van der Waals surface area (Å²) in [6.07, 6.45) is 17.9. The maximum atomic E-state index is 15.4. The predicted octanol–water partition coefficient (Wildman–Crippen LogP) is 19.7. The van der Waals surface area contributed by atoms with Gasteiger partial charge in [0.2, 0.25) is 54.8 Å². The highest BCUT2D eigenvalue weighted by atomic mass is 35.5. The number of aromatic nitrogens is 4. The number of ether oxygens (including phenoxy) is 2. The van der Waals surface area contributed by atoms with Crippen LogP contribution in [0.3, 0.4) is 0 Å². The van der Waals surface area contributed by atoms with Crippen molar-refractivity contribution in [2.45, 2.75) is 231 Å². The Bertz CT molecular complexity index is 5770. The first kappa shape index (κ1) is 93.1. The summed E-state index contributed by atoms with van der Waals surface area (Å²) in [5.74, 6) is 0.541. The van der Waals surface area contributed by atoms with E-state index in [0.717, 1.165) is 185 Å². The molecule has 10 aromatic rings. The van der Waals surface area contributed by atoms with Crippen molar-refractivity contribution in [3.63, 3.8) is 0 Å². The molecule has 16 rings (SSSR count). The number of nitrogens with zero attached hydrogens (tertiary/aromatic N) is 8. The lowest BCUT2D eigenvalue weighted by Gasteiger charge is -2.32. The van der Waals surface area contributed by atoms with Crippen LogP contribution in [0.25, 0.3) is 44.1 Å². The number of aromatic amines is 2. The lowest BCUT2D eigenvalue weighted by atomic mass is 9.92. The number of benzene rings is 8. The van der Waals surface area contributed by atoms with Crippen LogP contribution in [-0.4, -0.2) is 170 Å². The minimum absolute atomic E-state index is 0.0584. The molecule has 127 heavy (non-hydrogen) atoms. The van der Waals surface area contributed by atoms with Crippen LogP contribution >= 0.6 is 11.6 Å². The Labute approximate surface area is 756 Å². The van der Waals surface area contributed by atoms with Crippen molar-refractivity contribution in [1.82, 2.24) is 38.8 Å². The van der Waals surface area contributed by atoms with E-state index >= 15 is 16.8 Å². The Kier molecular flexibility index (Phi) is 28.9. The van der Waals surface area contributed by atoms with Crippen LogP contribution in [-0.2, 0) is 52.1 Å². The number of H-pyrrole nitrogens is 2. The van der Waals surface area contributed by atoms with Gasteiger partial charge in [-0.15, -0.1) is 10.2 Å². The molecule has 676 valence electrons. The summed E-state index contributed by atoms with van der Waals surface area (Å²) in [6.45, 7) is 21.1. The lowest BCUT2D eigenvalue weighted by Crippen LogP contribution is -2.46. The van der Waals surface area contributed by atoms with Gasteiger partial charge < -0.3 is 40.1 Å². The zero-order valence-electron chi connectivity index (χ0n) is 76.5. The van der Waals surface area contributed by atoms with Gasteiger partial charge >= 0.3 is 0 Å². The Morgan fingerprint density at radius 1 is 0.496 bits per heavy atom. The standard InChI is InChI=1S/C51H64N6O5S.C45H56N6O4S.C6H9ClO/c1-33-28-34(2)30-39(29-33)47-45(49(54-53-47)62-32-51(4,5)50(59)57-41-22-23-42(57)25-24-41)35(3)31-56(27-26-36-18-20-40(21-19-36)52-48(58)38-12-8-9-13-38)63(60,61)44-17-11-15-37-14-10-16-43(46(37)44)55(6)7;1-29-24-30(2)26-34(25-29)42-40(43(48-47-42)55-28-45(4,5)44(52)51-36-18-19-37(51)21-20-36)31(3)27-50(23-22-32-14-16-35(46)17-15-32)56(53,54)39-13-9-11-33-10-8-12-38(41(33)39)49(6)7;7-6(8)5-3-1-2-4-5/h10-11,14-21,28-30,35,38,41-42H,8-9,12-13,22-27,31-32H2,1-7H3,(H,52,58)(H,53,54);8-17,24-26,31,36-37H,18-23,27-28,46H2,1-7H3,(H,47,48);5H,1-4H2/t35-,41?,42?;31-,36?,37?;/m11./s1. The number of sulfonamides is 2. The molecular weight excluding hydrogens is 1650 g/mol. The van der Waals surface area contributed by atoms with E-state index in [9.17, 15) is 19.2 Å². The zero-order chi connectivity index (χ0) is 90.6. The number of fused-ring (bicyclic) bond motifs is 6. The fraction of sp³-hybridized carbons (Fsp3) is 0.471. The molecule has 3 amide bonds. The molecule has 0 radical (unpaired) electrons. The monoisotopic (exact) mass is 1780 g/mol. The van der Waals surface area contributed by atoms with E-state index in [4.69, 9.17) is 37.0 Å². The molecular formula is C102H129ClN12O10S2. The average Bonchev–Trinajstić information content (AvgIpc) is 1.60. The van der Waals surface area contributed by atoms with Crippen LogP contribution in [0, 0.1) is 50.4 Å². The van der Waals surface area contributed by atoms with Crippen molar-refractivity contribution in [1.29, 1.82) is 0 Å². The number of nitrogens with one attached hydrogen (secondary N) is 3. The molecule has 25 heteroatoms. The van der Waals surface area contributed by atoms with Crippen LogP contribution in [0.5, 0.6) is 11.8 Å². The van der Waals surface area contributed by atoms with Crippen LogP contribution in [0.1, 0.15) is 201 Å². The summed E-state index contributed by atoms with van der Waals surface area (Å²) in [5, 5.41) is 22.0. The Morgan fingerprint density at radius 3 is 1.19 bits per heavy atom. The summed E-state index contributed by atoms with van der Waals surface area (Å²) in [6, 6.07) is 51.9. The van der Waals surface area contributed by atoms with E-state index in [-0.39, 0.29) is 89.9 Å². The number of amides is 3. The number of anilines is 4. The summed E-state index contributed by atoms with van der Waals surface area (Å²) in [7, 11) is -0.449. The molecule has 6 aliphatic rings. The third-order valence-electron chi connectivity index (χ3n) is 27.0. The van der Waals surface area contributed by atoms with Gasteiger partial charge in [0.1, 0.15) is 13.2 Å².